The first-order valence-electron chi connectivity index (χ1n) is 5.14. The molecule has 4 heteroatoms. The predicted molar refractivity (Wildman–Crippen MR) is 71.7 cm³/mol. The molecule has 82 valence electrons. The SMILES string of the molecule is ClC1CC=CC2=C1[As](Cl)c1ccccc1N2. The quantitative estimate of drug-likeness (QED) is 0.573. The van der Waals surface area contributed by atoms with Crippen molar-refractivity contribution in [2.24, 2.45) is 0 Å². The molecule has 2 atom stereocenters. The van der Waals surface area contributed by atoms with Crippen LogP contribution < -0.4 is 9.67 Å². The minimum absolute atomic E-state index is 0.0679. The summed E-state index contributed by atoms with van der Waals surface area (Å²) in [6, 6.07) is 8.26. The van der Waals surface area contributed by atoms with Crippen molar-refractivity contribution in [1.29, 1.82) is 0 Å². The zero-order valence-corrected chi connectivity index (χ0v) is 11.8. The van der Waals surface area contributed by atoms with Crippen molar-refractivity contribution in [3.63, 3.8) is 0 Å². The van der Waals surface area contributed by atoms with Crippen LogP contribution >= 0.6 is 21.6 Å². The standard InChI is InChI=1S/C12H10AsCl2N/c14-9-5-3-7-11-12(9)13(15)8-4-1-2-6-10(8)16-11/h1-4,6-7,9,16H,5H2. The van der Waals surface area contributed by atoms with E-state index in [-0.39, 0.29) is 5.38 Å². The monoisotopic (exact) mass is 313 g/mol. The molecule has 0 saturated carbocycles. The van der Waals surface area contributed by atoms with Gasteiger partial charge in [-0.25, -0.2) is 0 Å². The molecule has 0 bridgehead atoms. The van der Waals surface area contributed by atoms with E-state index in [1.165, 1.54) is 8.71 Å². The molecule has 0 aromatic heterocycles. The summed E-state index contributed by atoms with van der Waals surface area (Å²) in [4.78, 5) is 0. The van der Waals surface area contributed by atoms with Gasteiger partial charge in [-0.05, 0) is 0 Å². The molecular formula is C12H10AsCl2N. The van der Waals surface area contributed by atoms with E-state index in [9.17, 15) is 0 Å². The van der Waals surface area contributed by atoms with E-state index >= 15 is 0 Å². The molecule has 0 saturated heterocycles. The third-order valence-corrected chi connectivity index (χ3v) is 9.17. The van der Waals surface area contributed by atoms with Gasteiger partial charge in [0.1, 0.15) is 0 Å². The molecule has 1 heterocycles. The minimum atomic E-state index is -1.66. The van der Waals surface area contributed by atoms with Crippen LogP contribution in [0.5, 0.6) is 0 Å². The van der Waals surface area contributed by atoms with Crippen molar-refractivity contribution < 1.29 is 0 Å². The van der Waals surface area contributed by atoms with Crippen LogP contribution in [0.3, 0.4) is 0 Å². The molecule has 1 nitrogen and oxygen atoms in total. The number of benzene rings is 1. The first kappa shape index (κ1) is 10.8. The Bertz CT molecular complexity index is 496. The van der Waals surface area contributed by atoms with Gasteiger partial charge in [0, 0.05) is 0 Å². The van der Waals surface area contributed by atoms with Gasteiger partial charge >= 0.3 is 109 Å². The van der Waals surface area contributed by atoms with E-state index in [0.717, 1.165) is 17.8 Å². The summed E-state index contributed by atoms with van der Waals surface area (Å²) in [5, 5.41) is 3.49. The Morgan fingerprint density at radius 3 is 3.00 bits per heavy atom. The molecule has 1 N–H and O–H groups in total. The molecule has 2 aliphatic rings. The number of para-hydroxylation sites is 1. The fraction of sp³-hybridized carbons (Fsp3) is 0.167. The first-order valence-corrected chi connectivity index (χ1v) is 9.92. The van der Waals surface area contributed by atoms with Crippen molar-refractivity contribution in [1.82, 2.24) is 0 Å². The fourth-order valence-electron chi connectivity index (χ4n) is 2.03. The number of rotatable bonds is 0. The first-order chi connectivity index (χ1) is 7.77. The molecule has 1 aromatic rings. The van der Waals surface area contributed by atoms with Crippen molar-refractivity contribution in [3.05, 3.63) is 46.5 Å². The number of alkyl halides is 1. The van der Waals surface area contributed by atoms with Gasteiger partial charge in [0.25, 0.3) is 0 Å². The van der Waals surface area contributed by atoms with Crippen LogP contribution in [0.2, 0.25) is 0 Å². The Morgan fingerprint density at radius 2 is 2.12 bits per heavy atom. The molecule has 0 fully saturated rings. The summed E-state index contributed by atoms with van der Waals surface area (Å²) in [6.45, 7) is 0. The van der Waals surface area contributed by atoms with Gasteiger partial charge in [0.15, 0.2) is 0 Å². The normalized spacial score (nSPS) is 27.1. The number of allylic oxidation sites excluding steroid dienone is 3. The number of hydrogen-bond donors (Lipinski definition) is 1. The average Bonchev–Trinajstić information content (AvgIpc) is 2.29. The second-order valence-corrected chi connectivity index (χ2v) is 9.31. The van der Waals surface area contributed by atoms with Crippen molar-refractivity contribution in [2.45, 2.75) is 11.8 Å². The summed E-state index contributed by atoms with van der Waals surface area (Å²) in [6.07, 6.45) is 5.10. The van der Waals surface area contributed by atoms with Gasteiger partial charge in [-0.2, -0.15) is 0 Å². The number of halogens is 2. The van der Waals surface area contributed by atoms with Crippen LogP contribution in [0.1, 0.15) is 6.42 Å². The Kier molecular flexibility index (Phi) is 2.79. The molecule has 1 aliphatic carbocycles. The number of anilines is 1. The summed E-state index contributed by atoms with van der Waals surface area (Å²) in [5.41, 5.74) is 2.27. The molecule has 1 aromatic carbocycles. The molecule has 0 spiro atoms. The van der Waals surface area contributed by atoms with E-state index in [1.807, 2.05) is 12.1 Å². The van der Waals surface area contributed by atoms with Crippen LogP contribution in [-0.4, -0.2) is 19.1 Å². The van der Waals surface area contributed by atoms with Crippen LogP contribution in [0.4, 0.5) is 5.69 Å². The van der Waals surface area contributed by atoms with Gasteiger partial charge in [-0.1, -0.05) is 0 Å². The van der Waals surface area contributed by atoms with E-state index in [0.29, 0.717) is 0 Å². The summed E-state index contributed by atoms with van der Waals surface area (Å²) >= 11 is 4.70. The summed E-state index contributed by atoms with van der Waals surface area (Å²) in [7, 11) is 6.65. The maximum atomic E-state index is 6.65. The zero-order valence-electron chi connectivity index (χ0n) is 8.45. The molecule has 16 heavy (non-hydrogen) atoms. The van der Waals surface area contributed by atoms with E-state index in [2.05, 4.69) is 29.6 Å². The van der Waals surface area contributed by atoms with E-state index in [1.54, 1.807) is 0 Å². The molecule has 0 amide bonds. The molecule has 2 unspecified atom stereocenters. The van der Waals surface area contributed by atoms with Crippen LogP contribution in [-0.2, 0) is 0 Å². The molecule has 3 rings (SSSR count). The third kappa shape index (κ3) is 1.62. The zero-order chi connectivity index (χ0) is 11.1. The molecule has 0 radical (unpaired) electrons. The fourth-order valence-corrected chi connectivity index (χ4v) is 8.04. The van der Waals surface area contributed by atoms with E-state index < -0.39 is 13.7 Å². The van der Waals surface area contributed by atoms with Gasteiger partial charge in [0.2, 0.25) is 0 Å². The van der Waals surface area contributed by atoms with Crippen molar-refractivity contribution in [2.75, 3.05) is 5.32 Å². The van der Waals surface area contributed by atoms with Crippen molar-refractivity contribution >= 4 is 45.3 Å². The summed E-state index contributed by atoms with van der Waals surface area (Å²) < 4.78 is 2.51. The Hall–Kier alpha value is -0.362. The van der Waals surface area contributed by atoms with Crippen LogP contribution in [0, 0.1) is 0 Å². The third-order valence-electron chi connectivity index (χ3n) is 2.80. The average molecular weight is 314 g/mol. The van der Waals surface area contributed by atoms with Crippen molar-refractivity contribution in [3.8, 4) is 0 Å². The number of nitrogens with one attached hydrogen (secondary N) is 1. The predicted octanol–water partition coefficient (Wildman–Crippen LogP) is 2.91. The second-order valence-electron chi connectivity index (χ2n) is 3.83. The van der Waals surface area contributed by atoms with E-state index in [4.69, 9.17) is 21.6 Å². The van der Waals surface area contributed by atoms with Gasteiger partial charge < -0.3 is 0 Å². The van der Waals surface area contributed by atoms with Gasteiger partial charge in [0.05, 0.1) is 0 Å². The van der Waals surface area contributed by atoms with Gasteiger partial charge in [-0.15, -0.1) is 0 Å². The Balaban J connectivity index is 2.12. The topological polar surface area (TPSA) is 12.0 Å². The second kappa shape index (κ2) is 4.14. The summed E-state index contributed by atoms with van der Waals surface area (Å²) in [5.74, 6) is 0. The maximum absolute atomic E-state index is 6.65. The number of fused-ring (bicyclic) bond motifs is 1. The van der Waals surface area contributed by atoms with Crippen LogP contribution in [0.25, 0.3) is 0 Å². The van der Waals surface area contributed by atoms with Gasteiger partial charge in [-0.3, -0.25) is 0 Å². The Labute approximate surface area is 109 Å². The van der Waals surface area contributed by atoms with Crippen LogP contribution in [0.15, 0.2) is 46.5 Å². The number of hydrogen-bond acceptors (Lipinski definition) is 1. The molecule has 1 aliphatic heterocycles. The molecular weight excluding hydrogens is 304 g/mol. The Morgan fingerprint density at radius 1 is 1.31 bits per heavy atom.